The van der Waals surface area contributed by atoms with Gasteiger partial charge in [0.05, 0.1) is 25.7 Å². The zero-order valence-corrected chi connectivity index (χ0v) is 17.4. The number of nitrogens with one attached hydrogen (secondary N) is 1. The lowest BCUT2D eigenvalue weighted by Crippen LogP contribution is -2.16. The van der Waals surface area contributed by atoms with Gasteiger partial charge in [-0.15, -0.1) is 11.3 Å². The van der Waals surface area contributed by atoms with Gasteiger partial charge in [-0.05, 0) is 37.1 Å². The summed E-state index contributed by atoms with van der Waals surface area (Å²) >= 11 is 0.982. The second-order valence-corrected chi connectivity index (χ2v) is 6.96. The third-order valence-corrected chi connectivity index (χ3v) is 5.11. The summed E-state index contributed by atoms with van der Waals surface area (Å²) in [6.07, 6.45) is 1.55. The summed E-state index contributed by atoms with van der Waals surface area (Å²) in [6.45, 7) is 7.02. The number of rotatable bonds is 9. The van der Waals surface area contributed by atoms with Crippen LogP contribution in [-0.2, 0) is 20.7 Å². The number of carbonyl (C=O) groups excluding carboxylic acids is 3. The van der Waals surface area contributed by atoms with Crippen LogP contribution in [0.2, 0.25) is 0 Å². The summed E-state index contributed by atoms with van der Waals surface area (Å²) in [6, 6.07) is 7.08. The summed E-state index contributed by atoms with van der Waals surface area (Å²) < 4.78 is 15.2. The normalized spacial score (nSPS) is 10.2. The van der Waals surface area contributed by atoms with E-state index < -0.39 is 11.9 Å². The molecular formula is C21H23NO6S. The number of amides is 1. The van der Waals surface area contributed by atoms with Crippen LogP contribution in [0.5, 0.6) is 5.75 Å². The topological polar surface area (TPSA) is 90.9 Å². The molecule has 29 heavy (non-hydrogen) atoms. The Kier molecular flexibility index (Phi) is 7.97. The van der Waals surface area contributed by atoms with E-state index in [0.29, 0.717) is 11.3 Å². The van der Waals surface area contributed by atoms with Gasteiger partial charge in [0.25, 0.3) is 0 Å². The molecule has 2 aromatic rings. The molecule has 0 radical (unpaired) electrons. The molecule has 0 bridgehead atoms. The average molecular weight is 417 g/mol. The van der Waals surface area contributed by atoms with Gasteiger partial charge in [0, 0.05) is 0 Å². The molecule has 2 rings (SSSR count). The fourth-order valence-corrected chi connectivity index (χ4v) is 3.65. The van der Waals surface area contributed by atoms with Crippen LogP contribution in [0, 0.1) is 6.92 Å². The molecule has 1 aromatic heterocycles. The molecule has 0 saturated heterocycles. The molecule has 0 aliphatic carbocycles. The van der Waals surface area contributed by atoms with Gasteiger partial charge in [-0.1, -0.05) is 24.8 Å². The molecule has 0 saturated carbocycles. The van der Waals surface area contributed by atoms with E-state index in [0.717, 1.165) is 16.9 Å². The molecule has 7 nitrogen and oxygen atoms in total. The Balaban J connectivity index is 2.26. The molecule has 0 spiro atoms. The van der Waals surface area contributed by atoms with Crippen molar-refractivity contribution in [2.45, 2.75) is 20.3 Å². The van der Waals surface area contributed by atoms with Crippen molar-refractivity contribution in [3.05, 3.63) is 58.5 Å². The average Bonchev–Trinajstić information content (AvgIpc) is 3.02. The number of benzene rings is 1. The molecule has 0 aliphatic heterocycles. The SMILES string of the molecule is C=CCOC(=O)c1sc(NC(=O)Cc2ccc(OC)cc2)c(C(=O)OCC)c1C. The van der Waals surface area contributed by atoms with Gasteiger partial charge in [0.2, 0.25) is 5.91 Å². The molecule has 1 N–H and O–H groups in total. The number of methoxy groups -OCH3 is 1. The third-order valence-electron chi connectivity index (χ3n) is 3.92. The summed E-state index contributed by atoms with van der Waals surface area (Å²) in [5.41, 5.74) is 1.34. The van der Waals surface area contributed by atoms with Crippen molar-refractivity contribution in [2.75, 3.05) is 25.6 Å². The van der Waals surface area contributed by atoms with E-state index in [1.165, 1.54) is 6.08 Å². The standard InChI is InChI=1S/C21H23NO6S/c1-5-11-28-21(25)18-13(3)17(20(24)27-6-2)19(29-18)22-16(23)12-14-7-9-15(26-4)10-8-14/h5,7-10H,1,6,11-12H2,2-4H3,(H,22,23). The summed E-state index contributed by atoms with van der Waals surface area (Å²) in [5.74, 6) is -0.833. The Morgan fingerprint density at radius 1 is 1.14 bits per heavy atom. The zero-order chi connectivity index (χ0) is 21.4. The van der Waals surface area contributed by atoms with Gasteiger partial charge < -0.3 is 19.5 Å². The predicted octanol–water partition coefficient (Wildman–Crippen LogP) is 3.77. The number of ether oxygens (including phenoxy) is 3. The summed E-state index contributed by atoms with van der Waals surface area (Å²) in [4.78, 5) is 37.4. The molecule has 1 aromatic carbocycles. The summed E-state index contributed by atoms with van der Waals surface area (Å²) in [5, 5.41) is 2.97. The zero-order valence-electron chi connectivity index (χ0n) is 16.6. The maximum atomic E-state index is 12.5. The minimum Gasteiger partial charge on any atom is -0.497 e. The van der Waals surface area contributed by atoms with Crippen LogP contribution in [0.4, 0.5) is 5.00 Å². The molecule has 1 heterocycles. The number of thiophene rings is 1. The predicted molar refractivity (Wildman–Crippen MR) is 111 cm³/mol. The highest BCUT2D eigenvalue weighted by Crippen LogP contribution is 2.34. The van der Waals surface area contributed by atoms with Gasteiger partial charge in [-0.2, -0.15) is 0 Å². The van der Waals surface area contributed by atoms with Crippen molar-refractivity contribution in [1.29, 1.82) is 0 Å². The van der Waals surface area contributed by atoms with Crippen molar-refractivity contribution in [2.24, 2.45) is 0 Å². The van der Waals surface area contributed by atoms with Gasteiger partial charge in [-0.3, -0.25) is 4.79 Å². The van der Waals surface area contributed by atoms with Gasteiger partial charge >= 0.3 is 11.9 Å². The lowest BCUT2D eigenvalue weighted by Gasteiger charge is -2.07. The molecule has 0 atom stereocenters. The van der Waals surface area contributed by atoms with Crippen LogP contribution >= 0.6 is 11.3 Å². The van der Waals surface area contributed by atoms with E-state index in [-0.39, 0.29) is 41.0 Å². The number of anilines is 1. The van der Waals surface area contributed by atoms with E-state index in [1.807, 2.05) is 0 Å². The maximum Gasteiger partial charge on any atom is 0.348 e. The molecular weight excluding hydrogens is 394 g/mol. The van der Waals surface area contributed by atoms with E-state index >= 15 is 0 Å². The smallest absolute Gasteiger partial charge is 0.348 e. The van der Waals surface area contributed by atoms with Gasteiger partial charge in [-0.25, -0.2) is 9.59 Å². The van der Waals surface area contributed by atoms with E-state index in [1.54, 1.807) is 45.2 Å². The van der Waals surface area contributed by atoms with Crippen LogP contribution in [0.1, 0.15) is 38.1 Å². The lowest BCUT2D eigenvalue weighted by atomic mass is 10.1. The van der Waals surface area contributed by atoms with Crippen molar-refractivity contribution in [3.63, 3.8) is 0 Å². The highest BCUT2D eigenvalue weighted by Gasteiger charge is 2.27. The van der Waals surface area contributed by atoms with Crippen molar-refractivity contribution < 1.29 is 28.6 Å². The molecule has 0 fully saturated rings. The Morgan fingerprint density at radius 3 is 2.41 bits per heavy atom. The van der Waals surface area contributed by atoms with Gasteiger partial charge in [0.15, 0.2) is 0 Å². The first-order valence-electron chi connectivity index (χ1n) is 8.92. The molecule has 0 aliphatic rings. The fraction of sp³-hybridized carbons (Fsp3) is 0.286. The van der Waals surface area contributed by atoms with Crippen molar-refractivity contribution in [3.8, 4) is 5.75 Å². The van der Waals surface area contributed by atoms with E-state index in [9.17, 15) is 14.4 Å². The fourth-order valence-electron chi connectivity index (χ4n) is 2.55. The number of hydrogen-bond acceptors (Lipinski definition) is 7. The Bertz CT molecular complexity index is 901. The number of hydrogen-bond donors (Lipinski definition) is 1. The summed E-state index contributed by atoms with van der Waals surface area (Å²) in [7, 11) is 1.56. The Hall–Kier alpha value is -3.13. The van der Waals surface area contributed by atoms with Crippen LogP contribution < -0.4 is 10.1 Å². The Labute approximate surface area is 173 Å². The first-order chi connectivity index (χ1) is 13.9. The molecule has 0 unspecified atom stereocenters. The first kappa shape index (κ1) is 22.2. The minimum atomic E-state index is -0.608. The Morgan fingerprint density at radius 2 is 1.83 bits per heavy atom. The van der Waals surface area contributed by atoms with E-state index in [4.69, 9.17) is 14.2 Å². The highest BCUT2D eigenvalue weighted by molar-refractivity contribution is 7.18. The first-order valence-corrected chi connectivity index (χ1v) is 9.74. The third kappa shape index (κ3) is 5.68. The van der Waals surface area contributed by atoms with Crippen molar-refractivity contribution in [1.82, 2.24) is 0 Å². The highest BCUT2D eigenvalue weighted by atomic mass is 32.1. The van der Waals surface area contributed by atoms with E-state index in [2.05, 4.69) is 11.9 Å². The second-order valence-electron chi connectivity index (χ2n) is 5.94. The van der Waals surface area contributed by atoms with Crippen LogP contribution in [0.25, 0.3) is 0 Å². The monoisotopic (exact) mass is 417 g/mol. The molecule has 1 amide bonds. The minimum absolute atomic E-state index is 0.0457. The largest absolute Gasteiger partial charge is 0.497 e. The van der Waals surface area contributed by atoms with Gasteiger partial charge in [0.1, 0.15) is 22.2 Å². The molecule has 154 valence electrons. The maximum absolute atomic E-state index is 12.5. The van der Waals surface area contributed by atoms with Crippen LogP contribution in [0.3, 0.4) is 0 Å². The van der Waals surface area contributed by atoms with Crippen molar-refractivity contribution >= 4 is 34.2 Å². The second kappa shape index (κ2) is 10.4. The quantitative estimate of drug-likeness (QED) is 0.493. The molecule has 8 heteroatoms. The van der Waals surface area contributed by atoms with Crippen LogP contribution in [0.15, 0.2) is 36.9 Å². The number of carbonyl (C=O) groups is 3. The lowest BCUT2D eigenvalue weighted by molar-refractivity contribution is -0.115. The number of esters is 2. The van der Waals surface area contributed by atoms with Crippen LogP contribution in [-0.4, -0.2) is 38.2 Å².